The number of phenolic OH excluding ortho intramolecular Hbond substituents is 1. The summed E-state index contributed by atoms with van der Waals surface area (Å²) in [5, 5.41) is 13.3. The van der Waals surface area contributed by atoms with Crippen molar-refractivity contribution in [2.24, 2.45) is 0 Å². The number of methoxy groups -OCH3 is 1. The van der Waals surface area contributed by atoms with E-state index in [2.05, 4.69) is 5.32 Å². The first-order valence-corrected chi connectivity index (χ1v) is 6.43. The van der Waals surface area contributed by atoms with Gasteiger partial charge in [-0.3, -0.25) is 0 Å². The molecule has 1 aromatic rings. The molecule has 0 aliphatic carbocycles. The SMILES string of the molecule is CCOc1cccc(CNCCCCOC)c1O. The van der Waals surface area contributed by atoms with Crippen molar-refractivity contribution in [2.45, 2.75) is 26.3 Å². The summed E-state index contributed by atoms with van der Waals surface area (Å²) in [6, 6.07) is 5.58. The van der Waals surface area contributed by atoms with E-state index in [9.17, 15) is 5.11 Å². The van der Waals surface area contributed by atoms with Gasteiger partial charge in [-0.05, 0) is 32.4 Å². The first-order chi connectivity index (χ1) is 8.79. The molecule has 0 amide bonds. The zero-order valence-electron chi connectivity index (χ0n) is 11.2. The second kappa shape index (κ2) is 8.78. The number of rotatable bonds is 9. The van der Waals surface area contributed by atoms with Crippen LogP contribution in [0.2, 0.25) is 0 Å². The fraction of sp³-hybridized carbons (Fsp3) is 0.571. The Morgan fingerprint density at radius 3 is 2.83 bits per heavy atom. The van der Waals surface area contributed by atoms with E-state index in [-0.39, 0.29) is 5.75 Å². The van der Waals surface area contributed by atoms with Crippen LogP contribution in [0.1, 0.15) is 25.3 Å². The van der Waals surface area contributed by atoms with E-state index in [1.54, 1.807) is 13.2 Å². The predicted molar refractivity (Wildman–Crippen MR) is 72.1 cm³/mol. The zero-order chi connectivity index (χ0) is 13.2. The Bertz CT molecular complexity index is 342. The molecule has 0 aliphatic rings. The van der Waals surface area contributed by atoms with Gasteiger partial charge >= 0.3 is 0 Å². The van der Waals surface area contributed by atoms with Crippen LogP contribution in [0.5, 0.6) is 11.5 Å². The summed E-state index contributed by atoms with van der Waals surface area (Å²) in [5.74, 6) is 0.792. The van der Waals surface area contributed by atoms with Crippen molar-refractivity contribution in [1.29, 1.82) is 0 Å². The summed E-state index contributed by atoms with van der Waals surface area (Å²) in [5.41, 5.74) is 0.868. The molecule has 0 fully saturated rings. The van der Waals surface area contributed by atoms with Gasteiger partial charge in [0.15, 0.2) is 11.5 Å². The lowest BCUT2D eigenvalue weighted by Gasteiger charge is -2.10. The van der Waals surface area contributed by atoms with E-state index in [4.69, 9.17) is 9.47 Å². The number of hydrogen-bond acceptors (Lipinski definition) is 4. The lowest BCUT2D eigenvalue weighted by atomic mass is 10.2. The van der Waals surface area contributed by atoms with Crippen LogP contribution in [0.25, 0.3) is 0 Å². The van der Waals surface area contributed by atoms with Crippen LogP contribution >= 0.6 is 0 Å². The van der Waals surface area contributed by atoms with Gasteiger partial charge in [0.05, 0.1) is 6.61 Å². The van der Waals surface area contributed by atoms with Crippen LogP contribution in [0.3, 0.4) is 0 Å². The Morgan fingerprint density at radius 2 is 2.11 bits per heavy atom. The average Bonchev–Trinajstić information content (AvgIpc) is 2.38. The van der Waals surface area contributed by atoms with Crippen LogP contribution in [0, 0.1) is 0 Å². The van der Waals surface area contributed by atoms with Gasteiger partial charge in [-0.15, -0.1) is 0 Å². The second-order valence-corrected chi connectivity index (χ2v) is 4.07. The molecule has 0 unspecified atom stereocenters. The molecular weight excluding hydrogens is 230 g/mol. The molecule has 0 saturated heterocycles. The summed E-state index contributed by atoms with van der Waals surface area (Å²) in [7, 11) is 1.71. The summed E-state index contributed by atoms with van der Waals surface area (Å²) in [6.07, 6.45) is 2.12. The first kappa shape index (κ1) is 14.8. The minimum absolute atomic E-state index is 0.240. The quantitative estimate of drug-likeness (QED) is 0.663. The van der Waals surface area contributed by atoms with Gasteiger partial charge in [-0.1, -0.05) is 12.1 Å². The fourth-order valence-electron chi connectivity index (χ4n) is 1.70. The van der Waals surface area contributed by atoms with E-state index >= 15 is 0 Å². The molecule has 0 spiro atoms. The predicted octanol–water partition coefficient (Wildman–Crippen LogP) is 2.31. The Balaban J connectivity index is 2.35. The van der Waals surface area contributed by atoms with Crippen molar-refractivity contribution in [1.82, 2.24) is 5.32 Å². The van der Waals surface area contributed by atoms with Gasteiger partial charge in [0.2, 0.25) is 0 Å². The van der Waals surface area contributed by atoms with Crippen molar-refractivity contribution in [3.05, 3.63) is 23.8 Å². The van der Waals surface area contributed by atoms with Crippen molar-refractivity contribution < 1.29 is 14.6 Å². The molecule has 0 heterocycles. The topological polar surface area (TPSA) is 50.7 Å². The molecule has 0 saturated carbocycles. The number of nitrogens with one attached hydrogen (secondary N) is 1. The normalized spacial score (nSPS) is 10.6. The first-order valence-electron chi connectivity index (χ1n) is 6.43. The van der Waals surface area contributed by atoms with Crippen LogP contribution in [0.4, 0.5) is 0 Å². The fourth-order valence-corrected chi connectivity index (χ4v) is 1.70. The van der Waals surface area contributed by atoms with E-state index in [1.165, 1.54) is 0 Å². The molecule has 0 bridgehead atoms. The zero-order valence-corrected chi connectivity index (χ0v) is 11.2. The van der Waals surface area contributed by atoms with Crippen LogP contribution in [-0.2, 0) is 11.3 Å². The number of phenols is 1. The number of benzene rings is 1. The maximum atomic E-state index is 9.98. The van der Waals surface area contributed by atoms with E-state index in [1.807, 2.05) is 19.1 Å². The Labute approximate surface area is 109 Å². The molecule has 1 rings (SSSR count). The average molecular weight is 253 g/mol. The van der Waals surface area contributed by atoms with Crippen molar-refractivity contribution in [3.8, 4) is 11.5 Å². The lowest BCUT2D eigenvalue weighted by molar-refractivity contribution is 0.192. The van der Waals surface area contributed by atoms with Gasteiger partial charge < -0.3 is 19.9 Å². The highest BCUT2D eigenvalue weighted by Gasteiger charge is 2.06. The number of ether oxygens (including phenoxy) is 2. The molecule has 1 aromatic carbocycles. The van der Waals surface area contributed by atoms with Crippen LogP contribution in [-0.4, -0.2) is 32.0 Å². The minimum Gasteiger partial charge on any atom is -0.504 e. The molecule has 4 nitrogen and oxygen atoms in total. The molecule has 0 atom stereocenters. The lowest BCUT2D eigenvalue weighted by Crippen LogP contribution is -2.15. The molecule has 18 heavy (non-hydrogen) atoms. The summed E-state index contributed by atoms with van der Waals surface area (Å²) >= 11 is 0. The molecule has 0 radical (unpaired) electrons. The minimum atomic E-state index is 0.240. The smallest absolute Gasteiger partial charge is 0.162 e. The largest absolute Gasteiger partial charge is 0.504 e. The molecule has 102 valence electrons. The monoisotopic (exact) mass is 253 g/mol. The van der Waals surface area contributed by atoms with Crippen LogP contribution in [0.15, 0.2) is 18.2 Å². The van der Waals surface area contributed by atoms with Crippen molar-refractivity contribution >= 4 is 0 Å². The second-order valence-electron chi connectivity index (χ2n) is 4.07. The highest BCUT2D eigenvalue weighted by Crippen LogP contribution is 2.29. The number of unbranched alkanes of at least 4 members (excludes halogenated alkanes) is 1. The van der Waals surface area contributed by atoms with Crippen LogP contribution < -0.4 is 10.1 Å². The van der Waals surface area contributed by atoms with Gasteiger partial charge in [0.1, 0.15) is 0 Å². The van der Waals surface area contributed by atoms with E-state index < -0.39 is 0 Å². The van der Waals surface area contributed by atoms with Gasteiger partial charge in [-0.2, -0.15) is 0 Å². The maximum Gasteiger partial charge on any atom is 0.162 e. The Morgan fingerprint density at radius 1 is 1.28 bits per heavy atom. The third-order valence-electron chi connectivity index (χ3n) is 2.65. The molecule has 4 heteroatoms. The molecule has 0 aliphatic heterocycles. The van der Waals surface area contributed by atoms with Gasteiger partial charge in [0.25, 0.3) is 0 Å². The number of hydrogen-bond donors (Lipinski definition) is 2. The third kappa shape index (κ3) is 4.94. The molecular formula is C14H23NO3. The summed E-state index contributed by atoms with van der Waals surface area (Å²) in [6.45, 7) is 4.83. The van der Waals surface area contributed by atoms with E-state index in [0.717, 1.165) is 31.6 Å². The van der Waals surface area contributed by atoms with E-state index in [0.29, 0.717) is 18.9 Å². The molecule has 2 N–H and O–H groups in total. The Hall–Kier alpha value is -1.26. The van der Waals surface area contributed by atoms with Gasteiger partial charge in [-0.25, -0.2) is 0 Å². The van der Waals surface area contributed by atoms with Crippen molar-refractivity contribution in [2.75, 3.05) is 26.9 Å². The summed E-state index contributed by atoms with van der Waals surface area (Å²) in [4.78, 5) is 0. The number of aromatic hydroxyl groups is 1. The Kier molecular flexibility index (Phi) is 7.22. The molecule has 0 aromatic heterocycles. The highest BCUT2D eigenvalue weighted by molar-refractivity contribution is 5.45. The van der Waals surface area contributed by atoms with Gasteiger partial charge in [0, 0.05) is 25.8 Å². The summed E-state index contributed by atoms with van der Waals surface area (Å²) < 4.78 is 10.3. The van der Waals surface area contributed by atoms with Crippen molar-refractivity contribution in [3.63, 3.8) is 0 Å². The standard InChI is InChI=1S/C14H23NO3/c1-3-18-13-8-6-7-12(14(13)16)11-15-9-4-5-10-17-2/h6-8,15-16H,3-5,9-11H2,1-2H3. The maximum absolute atomic E-state index is 9.98. The number of para-hydroxylation sites is 1. The highest BCUT2D eigenvalue weighted by atomic mass is 16.5. The third-order valence-corrected chi connectivity index (χ3v) is 2.65.